The Kier molecular flexibility index (Phi) is 5.05. The summed E-state index contributed by atoms with van der Waals surface area (Å²) in [6, 6.07) is 16.3. The van der Waals surface area contributed by atoms with Gasteiger partial charge in [-0.05, 0) is 44.4 Å². The van der Waals surface area contributed by atoms with Gasteiger partial charge in [-0.3, -0.25) is 0 Å². The molecule has 1 aliphatic rings. The first kappa shape index (κ1) is 18.5. The molecule has 3 rings (SSSR count). The lowest BCUT2D eigenvalue weighted by Crippen LogP contribution is -2.35. The number of hydrogen-bond acceptors (Lipinski definition) is 3. The van der Waals surface area contributed by atoms with Crippen LogP contribution in [0.4, 0.5) is 10.5 Å². The van der Waals surface area contributed by atoms with Crippen LogP contribution >= 0.6 is 0 Å². The minimum Gasteiger partial charge on any atom is -0.337 e. The highest BCUT2D eigenvalue weighted by atomic mass is 32.2. The lowest BCUT2D eigenvalue weighted by molar-refractivity contribution is 0.251. The van der Waals surface area contributed by atoms with Gasteiger partial charge in [0.2, 0.25) is 0 Å². The standard InChI is InChI=1S/C20H24N2O3S/c1-15(2)26(24,25)18-11-7-6-10-17(18)22-19(23)21-14-20(12-13-20)16-8-4-3-5-9-16/h3-11,15H,12-14H2,1-2H3,(H2,21,22,23). The van der Waals surface area contributed by atoms with Gasteiger partial charge < -0.3 is 10.6 Å². The highest BCUT2D eigenvalue weighted by Gasteiger charge is 2.44. The summed E-state index contributed by atoms with van der Waals surface area (Å²) in [6.07, 6.45) is 2.07. The summed E-state index contributed by atoms with van der Waals surface area (Å²) in [5.74, 6) is 0. The highest BCUT2D eigenvalue weighted by Crippen LogP contribution is 2.47. The van der Waals surface area contributed by atoms with Crippen LogP contribution in [0.25, 0.3) is 0 Å². The van der Waals surface area contributed by atoms with Gasteiger partial charge in [0.15, 0.2) is 9.84 Å². The normalized spacial score (nSPS) is 15.5. The summed E-state index contributed by atoms with van der Waals surface area (Å²) in [5, 5.41) is 5.04. The molecule has 0 heterocycles. The summed E-state index contributed by atoms with van der Waals surface area (Å²) in [7, 11) is -3.47. The van der Waals surface area contributed by atoms with Crippen molar-refractivity contribution in [2.24, 2.45) is 0 Å². The van der Waals surface area contributed by atoms with E-state index in [0.29, 0.717) is 12.2 Å². The molecule has 0 unspecified atom stereocenters. The molecule has 1 aliphatic carbocycles. The molecule has 6 heteroatoms. The van der Waals surface area contributed by atoms with Crippen molar-refractivity contribution in [3.8, 4) is 0 Å². The van der Waals surface area contributed by atoms with Crippen LogP contribution in [0.2, 0.25) is 0 Å². The number of carbonyl (C=O) groups excluding carboxylic acids is 1. The lowest BCUT2D eigenvalue weighted by Gasteiger charge is -2.18. The molecule has 0 bridgehead atoms. The Morgan fingerprint density at radius 2 is 1.65 bits per heavy atom. The zero-order valence-electron chi connectivity index (χ0n) is 15.0. The van der Waals surface area contributed by atoms with Gasteiger partial charge in [-0.15, -0.1) is 0 Å². The van der Waals surface area contributed by atoms with Gasteiger partial charge >= 0.3 is 6.03 Å². The van der Waals surface area contributed by atoms with Gasteiger partial charge in [-0.25, -0.2) is 13.2 Å². The summed E-state index contributed by atoms with van der Waals surface area (Å²) in [5.41, 5.74) is 1.54. The monoisotopic (exact) mass is 372 g/mol. The first-order valence-electron chi connectivity index (χ1n) is 8.78. The summed E-state index contributed by atoms with van der Waals surface area (Å²) >= 11 is 0. The maximum absolute atomic E-state index is 12.5. The van der Waals surface area contributed by atoms with Crippen molar-refractivity contribution in [3.63, 3.8) is 0 Å². The maximum Gasteiger partial charge on any atom is 0.319 e. The Hall–Kier alpha value is -2.34. The molecule has 0 radical (unpaired) electrons. The van der Waals surface area contributed by atoms with Crippen molar-refractivity contribution in [2.75, 3.05) is 11.9 Å². The van der Waals surface area contributed by atoms with Crippen molar-refractivity contribution in [2.45, 2.75) is 42.2 Å². The van der Waals surface area contributed by atoms with Crippen LogP contribution in [0.15, 0.2) is 59.5 Å². The molecule has 1 saturated carbocycles. The van der Waals surface area contributed by atoms with Crippen molar-refractivity contribution in [1.29, 1.82) is 0 Å². The molecule has 2 N–H and O–H groups in total. The van der Waals surface area contributed by atoms with E-state index in [1.807, 2.05) is 18.2 Å². The third kappa shape index (κ3) is 3.75. The van der Waals surface area contributed by atoms with E-state index in [0.717, 1.165) is 12.8 Å². The molecule has 2 amide bonds. The van der Waals surface area contributed by atoms with Crippen LogP contribution in [0.5, 0.6) is 0 Å². The first-order valence-corrected chi connectivity index (χ1v) is 10.3. The fourth-order valence-electron chi connectivity index (χ4n) is 3.00. The molecule has 0 atom stereocenters. The number of benzene rings is 2. The largest absolute Gasteiger partial charge is 0.337 e. The Morgan fingerprint density at radius 3 is 2.27 bits per heavy atom. The van der Waals surface area contributed by atoms with Gasteiger partial charge in [0.25, 0.3) is 0 Å². The smallest absolute Gasteiger partial charge is 0.319 e. The number of amides is 2. The number of sulfone groups is 1. The predicted molar refractivity (Wildman–Crippen MR) is 103 cm³/mol. The zero-order chi connectivity index (χ0) is 18.8. The van der Waals surface area contributed by atoms with Crippen molar-refractivity contribution < 1.29 is 13.2 Å². The zero-order valence-corrected chi connectivity index (χ0v) is 15.8. The molecule has 138 valence electrons. The number of anilines is 1. The van der Waals surface area contributed by atoms with E-state index in [-0.39, 0.29) is 10.3 Å². The molecule has 2 aromatic rings. The van der Waals surface area contributed by atoms with Gasteiger partial charge in [-0.1, -0.05) is 42.5 Å². The predicted octanol–water partition coefficient (Wildman–Crippen LogP) is 3.72. The molecule has 0 saturated heterocycles. The lowest BCUT2D eigenvalue weighted by atomic mass is 9.96. The van der Waals surface area contributed by atoms with E-state index in [1.54, 1.807) is 32.0 Å². The second kappa shape index (κ2) is 7.11. The Balaban J connectivity index is 1.69. The molecule has 1 fully saturated rings. The van der Waals surface area contributed by atoms with Gasteiger partial charge in [-0.2, -0.15) is 0 Å². The number of rotatable bonds is 6. The second-order valence-electron chi connectivity index (χ2n) is 7.04. The number of hydrogen-bond donors (Lipinski definition) is 2. The Bertz CT molecular complexity index is 888. The van der Waals surface area contributed by atoms with Crippen LogP contribution in [0, 0.1) is 0 Å². The maximum atomic E-state index is 12.5. The molecule has 0 spiro atoms. The van der Waals surface area contributed by atoms with Crippen LogP contribution in [-0.2, 0) is 15.3 Å². The molecule has 0 aromatic heterocycles. The van der Waals surface area contributed by atoms with Crippen molar-refractivity contribution >= 4 is 21.6 Å². The summed E-state index contributed by atoms with van der Waals surface area (Å²) in [6.45, 7) is 3.79. The third-order valence-corrected chi connectivity index (χ3v) is 7.10. The molecular formula is C20H24N2O3S. The minimum atomic E-state index is -3.47. The van der Waals surface area contributed by atoms with Gasteiger partial charge in [0.1, 0.15) is 0 Å². The number of nitrogens with one attached hydrogen (secondary N) is 2. The van der Waals surface area contributed by atoms with Crippen molar-refractivity contribution in [3.05, 3.63) is 60.2 Å². The van der Waals surface area contributed by atoms with E-state index in [4.69, 9.17) is 0 Å². The van der Waals surface area contributed by atoms with E-state index >= 15 is 0 Å². The average molecular weight is 372 g/mol. The number of carbonyl (C=O) groups is 1. The van der Waals surface area contributed by atoms with E-state index in [1.165, 1.54) is 11.6 Å². The van der Waals surface area contributed by atoms with Crippen LogP contribution in [0.3, 0.4) is 0 Å². The van der Waals surface area contributed by atoms with E-state index in [9.17, 15) is 13.2 Å². The van der Waals surface area contributed by atoms with E-state index in [2.05, 4.69) is 22.8 Å². The van der Waals surface area contributed by atoms with E-state index < -0.39 is 21.1 Å². The fraction of sp³-hybridized carbons (Fsp3) is 0.350. The molecular weight excluding hydrogens is 348 g/mol. The SMILES string of the molecule is CC(C)S(=O)(=O)c1ccccc1NC(=O)NCC1(c2ccccc2)CC1. The van der Waals surface area contributed by atoms with Gasteiger partial charge in [0, 0.05) is 12.0 Å². The second-order valence-corrected chi connectivity index (χ2v) is 9.52. The van der Waals surface area contributed by atoms with Crippen LogP contribution < -0.4 is 10.6 Å². The summed E-state index contributed by atoms with van der Waals surface area (Å²) in [4.78, 5) is 12.5. The highest BCUT2D eigenvalue weighted by molar-refractivity contribution is 7.92. The fourth-order valence-corrected chi connectivity index (χ4v) is 4.20. The average Bonchev–Trinajstić information content (AvgIpc) is 3.42. The quantitative estimate of drug-likeness (QED) is 0.811. The molecule has 5 nitrogen and oxygen atoms in total. The Morgan fingerprint density at radius 1 is 1.04 bits per heavy atom. The van der Waals surface area contributed by atoms with Crippen molar-refractivity contribution in [1.82, 2.24) is 5.32 Å². The third-order valence-electron chi connectivity index (χ3n) is 4.89. The Labute approximate surface area is 154 Å². The van der Waals surface area contributed by atoms with Gasteiger partial charge in [0.05, 0.1) is 15.8 Å². The summed E-state index contributed by atoms with van der Waals surface area (Å²) < 4.78 is 24.9. The number of urea groups is 1. The molecule has 26 heavy (non-hydrogen) atoms. The molecule has 0 aliphatic heterocycles. The minimum absolute atomic E-state index is 0.00211. The molecule has 2 aromatic carbocycles. The van der Waals surface area contributed by atoms with Crippen LogP contribution in [0.1, 0.15) is 32.3 Å². The topological polar surface area (TPSA) is 75.3 Å². The van der Waals surface area contributed by atoms with Crippen LogP contribution in [-0.4, -0.2) is 26.2 Å². The first-order chi connectivity index (χ1) is 12.3. The number of para-hydroxylation sites is 1.